The summed E-state index contributed by atoms with van der Waals surface area (Å²) in [6, 6.07) is 0. The monoisotopic (exact) mass is 318 g/mol. The Morgan fingerprint density at radius 3 is 2.65 bits per heavy atom. The van der Waals surface area contributed by atoms with Crippen molar-refractivity contribution in [3.05, 3.63) is 0 Å². The van der Waals surface area contributed by atoms with Gasteiger partial charge in [-0.1, -0.05) is 13.8 Å². The van der Waals surface area contributed by atoms with Crippen LogP contribution in [0.5, 0.6) is 0 Å². The van der Waals surface area contributed by atoms with Crippen molar-refractivity contribution in [2.45, 2.75) is 78.1 Å². The van der Waals surface area contributed by atoms with Gasteiger partial charge < -0.3 is 5.11 Å². The maximum absolute atomic E-state index is 12.5. The molecule has 130 valence electrons. The summed E-state index contributed by atoms with van der Waals surface area (Å²) in [6.45, 7) is 5.24. The Labute approximate surface area is 141 Å². The minimum Gasteiger partial charge on any atom is -0.396 e. The van der Waals surface area contributed by atoms with Gasteiger partial charge in [0.15, 0.2) is 0 Å². The molecule has 0 spiro atoms. The van der Waals surface area contributed by atoms with Gasteiger partial charge in [0.05, 0.1) is 0 Å². The Bertz CT molecular complexity index is 486. The third kappa shape index (κ3) is 2.27. The number of aliphatic hydroxyl groups excluding tert-OH is 1. The molecule has 1 N–H and O–H groups in total. The van der Waals surface area contributed by atoms with Gasteiger partial charge in [-0.3, -0.25) is 4.79 Å². The minimum absolute atomic E-state index is 0.0262. The van der Waals surface area contributed by atoms with Crippen LogP contribution in [0, 0.1) is 40.4 Å². The molecule has 4 saturated carbocycles. The van der Waals surface area contributed by atoms with Crippen LogP contribution in [0.1, 0.15) is 78.1 Å². The van der Waals surface area contributed by atoms with Crippen LogP contribution in [0.2, 0.25) is 0 Å². The lowest BCUT2D eigenvalue weighted by Crippen LogP contribution is -2.53. The fraction of sp³-hybridized carbons (Fsp3) is 0.952. The average molecular weight is 319 g/mol. The molecule has 0 aliphatic heterocycles. The molecule has 4 rings (SSSR count). The zero-order valence-electron chi connectivity index (χ0n) is 15.0. The third-order valence-electron chi connectivity index (χ3n) is 9.02. The summed E-state index contributed by atoms with van der Waals surface area (Å²) in [6.07, 6.45) is 12.2. The highest BCUT2D eigenvalue weighted by molar-refractivity contribution is 5.87. The Morgan fingerprint density at radius 2 is 1.87 bits per heavy atom. The van der Waals surface area contributed by atoms with E-state index in [-0.39, 0.29) is 5.41 Å². The molecule has 0 radical (unpaired) electrons. The van der Waals surface area contributed by atoms with E-state index in [2.05, 4.69) is 13.8 Å². The van der Waals surface area contributed by atoms with Crippen molar-refractivity contribution in [2.24, 2.45) is 40.4 Å². The highest BCUT2D eigenvalue weighted by Gasteiger charge is 2.60. The largest absolute Gasteiger partial charge is 0.396 e. The summed E-state index contributed by atoms with van der Waals surface area (Å²) in [5, 5.41) is 9.29. The fourth-order valence-corrected chi connectivity index (χ4v) is 7.56. The number of fused-ring (bicyclic) bond motifs is 5. The molecule has 0 saturated heterocycles. The first-order chi connectivity index (χ1) is 11.0. The van der Waals surface area contributed by atoms with Crippen LogP contribution in [0.4, 0.5) is 0 Å². The Kier molecular flexibility index (Phi) is 3.91. The molecule has 4 aliphatic rings. The van der Waals surface area contributed by atoms with Crippen molar-refractivity contribution < 1.29 is 9.90 Å². The number of Topliss-reactive ketones (excluding diaryl/α,β-unsaturated/α-hetero) is 1. The minimum atomic E-state index is 0.0262. The highest BCUT2D eigenvalue weighted by Crippen LogP contribution is 2.65. The van der Waals surface area contributed by atoms with E-state index in [1.54, 1.807) is 0 Å². The maximum Gasteiger partial charge on any atom is 0.139 e. The van der Waals surface area contributed by atoms with E-state index in [4.69, 9.17) is 0 Å². The summed E-state index contributed by atoms with van der Waals surface area (Å²) in [7, 11) is 0. The van der Waals surface area contributed by atoms with E-state index in [0.29, 0.717) is 23.7 Å². The van der Waals surface area contributed by atoms with Crippen LogP contribution in [0.25, 0.3) is 0 Å². The van der Waals surface area contributed by atoms with Crippen LogP contribution in [-0.2, 0) is 4.79 Å². The van der Waals surface area contributed by atoms with Gasteiger partial charge in [0.2, 0.25) is 0 Å². The normalized spacial score (nSPS) is 52.7. The van der Waals surface area contributed by atoms with Crippen molar-refractivity contribution in [1.82, 2.24) is 0 Å². The lowest BCUT2D eigenvalue weighted by molar-refractivity contribution is -0.140. The first kappa shape index (κ1) is 16.1. The second-order valence-corrected chi connectivity index (χ2v) is 9.73. The predicted molar refractivity (Wildman–Crippen MR) is 91.9 cm³/mol. The van der Waals surface area contributed by atoms with Gasteiger partial charge >= 0.3 is 0 Å². The molecule has 0 amide bonds. The smallest absolute Gasteiger partial charge is 0.139 e. The Hall–Kier alpha value is -0.370. The zero-order valence-corrected chi connectivity index (χ0v) is 15.0. The molecular weight excluding hydrogens is 284 g/mol. The quantitative estimate of drug-likeness (QED) is 0.808. The lowest BCUT2D eigenvalue weighted by Gasteiger charge is -2.60. The number of hydrogen-bond acceptors (Lipinski definition) is 2. The van der Waals surface area contributed by atoms with E-state index < -0.39 is 0 Å². The molecular formula is C21H34O2. The van der Waals surface area contributed by atoms with E-state index in [1.807, 2.05) is 0 Å². The summed E-state index contributed by atoms with van der Waals surface area (Å²) in [4.78, 5) is 12.5. The maximum atomic E-state index is 12.5. The second-order valence-electron chi connectivity index (χ2n) is 9.73. The van der Waals surface area contributed by atoms with E-state index in [9.17, 15) is 9.90 Å². The third-order valence-corrected chi connectivity index (χ3v) is 9.02. The number of ketones is 1. The van der Waals surface area contributed by atoms with Crippen LogP contribution in [-0.4, -0.2) is 17.5 Å². The molecule has 4 aliphatic carbocycles. The zero-order chi connectivity index (χ0) is 16.2. The summed E-state index contributed by atoms with van der Waals surface area (Å²) >= 11 is 0. The second kappa shape index (κ2) is 5.58. The first-order valence-corrected chi connectivity index (χ1v) is 10.1. The number of hydrogen-bond donors (Lipinski definition) is 1. The standard InChI is InChI=1S/C21H34O2/c1-20-10-7-14(9-12-22)13-15(20)3-4-16-17-5-6-19(23)21(17,2)11-8-18(16)20/h14-18,22H,3-13H2,1-2H3/t14?,15?,16-,17-,18+,20-,21-/m0/s1. The van der Waals surface area contributed by atoms with Gasteiger partial charge in [0.1, 0.15) is 5.78 Å². The van der Waals surface area contributed by atoms with Crippen molar-refractivity contribution in [3.8, 4) is 0 Å². The molecule has 0 aromatic carbocycles. The molecule has 0 heterocycles. The number of carbonyl (C=O) groups is 1. The number of carbonyl (C=O) groups excluding carboxylic acids is 1. The number of rotatable bonds is 2. The summed E-state index contributed by atoms with van der Waals surface area (Å²) < 4.78 is 0. The Balaban J connectivity index is 1.56. The van der Waals surface area contributed by atoms with Crippen molar-refractivity contribution >= 4 is 5.78 Å². The van der Waals surface area contributed by atoms with E-state index >= 15 is 0 Å². The van der Waals surface area contributed by atoms with Gasteiger partial charge in [0.25, 0.3) is 0 Å². The number of aliphatic hydroxyl groups is 1. The van der Waals surface area contributed by atoms with Crippen molar-refractivity contribution in [2.75, 3.05) is 6.61 Å². The van der Waals surface area contributed by atoms with Crippen LogP contribution in [0.3, 0.4) is 0 Å². The van der Waals surface area contributed by atoms with Crippen LogP contribution in [0.15, 0.2) is 0 Å². The summed E-state index contributed by atoms with van der Waals surface area (Å²) in [5.74, 6) is 4.56. The molecule has 0 bridgehead atoms. The van der Waals surface area contributed by atoms with Crippen LogP contribution < -0.4 is 0 Å². The lowest BCUT2D eigenvalue weighted by atomic mass is 9.44. The molecule has 0 aromatic heterocycles. The topological polar surface area (TPSA) is 37.3 Å². The Morgan fingerprint density at radius 1 is 1.04 bits per heavy atom. The summed E-state index contributed by atoms with van der Waals surface area (Å²) in [5.41, 5.74) is 0.542. The SMILES string of the molecule is C[C@]12CCC(CCO)CC1CC[C@@H]1[C@H]2CC[C@]2(C)C(=O)CC[C@@H]12. The predicted octanol–water partition coefficient (Wildman–Crippen LogP) is 4.60. The molecule has 2 unspecified atom stereocenters. The molecule has 4 fully saturated rings. The van der Waals surface area contributed by atoms with Gasteiger partial charge in [-0.05, 0) is 92.8 Å². The van der Waals surface area contributed by atoms with Gasteiger partial charge in [-0.2, -0.15) is 0 Å². The van der Waals surface area contributed by atoms with Gasteiger partial charge in [-0.25, -0.2) is 0 Å². The van der Waals surface area contributed by atoms with Crippen molar-refractivity contribution in [3.63, 3.8) is 0 Å². The molecule has 23 heavy (non-hydrogen) atoms. The fourth-order valence-electron chi connectivity index (χ4n) is 7.56. The molecule has 7 atom stereocenters. The highest BCUT2D eigenvalue weighted by atomic mass is 16.3. The first-order valence-electron chi connectivity index (χ1n) is 10.1. The molecule has 0 aromatic rings. The molecule has 2 nitrogen and oxygen atoms in total. The van der Waals surface area contributed by atoms with E-state index in [0.717, 1.165) is 42.9 Å². The van der Waals surface area contributed by atoms with Gasteiger partial charge in [-0.15, -0.1) is 0 Å². The average Bonchev–Trinajstić information content (AvgIpc) is 2.84. The van der Waals surface area contributed by atoms with Gasteiger partial charge in [0, 0.05) is 18.4 Å². The molecule has 2 heteroatoms. The van der Waals surface area contributed by atoms with Crippen LogP contribution >= 0.6 is 0 Å². The van der Waals surface area contributed by atoms with E-state index in [1.165, 1.54) is 44.9 Å². The van der Waals surface area contributed by atoms with Crippen molar-refractivity contribution in [1.29, 1.82) is 0 Å².